The molecule has 0 spiro atoms. The lowest BCUT2D eigenvalue weighted by atomic mass is 10.0. The van der Waals surface area contributed by atoms with Gasteiger partial charge in [0.25, 0.3) is 0 Å². The molecule has 1 atom stereocenters. The number of rotatable bonds is 37. The van der Waals surface area contributed by atoms with Crippen molar-refractivity contribution in [3.05, 3.63) is 24.8 Å². The van der Waals surface area contributed by atoms with Gasteiger partial charge in [0.1, 0.15) is 6.61 Å². The van der Waals surface area contributed by atoms with Crippen molar-refractivity contribution in [2.45, 2.75) is 199 Å². The van der Waals surface area contributed by atoms with E-state index >= 15 is 0 Å². The van der Waals surface area contributed by atoms with Gasteiger partial charge in [0.15, 0.2) is 6.10 Å². The summed E-state index contributed by atoms with van der Waals surface area (Å²) in [5.74, 6) is -0.901. The van der Waals surface area contributed by atoms with Gasteiger partial charge in [-0.05, 0) is 51.4 Å². The second-order valence-electron chi connectivity index (χ2n) is 13.3. The van der Waals surface area contributed by atoms with Crippen LogP contribution in [0.5, 0.6) is 0 Å². The molecule has 0 bridgehead atoms. The van der Waals surface area contributed by atoms with Crippen LogP contribution < -0.4 is 0 Å². The first-order valence-electron chi connectivity index (χ1n) is 19.6. The van der Waals surface area contributed by atoms with Crippen molar-refractivity contribution in [2.24, 2.45) is 0 Å². The lowest BCUT2D eigenvalue weighted by Gasteiger charge is -2.18. The van der Waals surface area contributed by atoms with Crippen LogP contribution in [0.4, 0.5) is 0 Å². The normalized spacial score (nSPS) is 12.4. The van der Waals surface area contributed by atoms with Crippen molar-refractivity contribution in [3.8, 4) is 0 Å². The third-order valence-electron chi connectivity index (χ3n) is 8.59. The molecule has 0 aliphatic carbocycles. The molecule has 0 amide bonds. The smallest absolute Gasteiger partial charge is 0.462 e. The predicted molar refractivity (Wildman–Crippen MR) is 198 cm³/mol. The van der Waals surface area contributed by atoms with Crippen molar-refractivity contribution in [2.75, 3.05) is 13.2 Å². The van der Waals surface area contributed by atoms with E-state index in [9.17, 15) is 14.2 Å². The van der Waals surface area contributed by atoms with Crippen LogP contribution in [0.25, 0.3) is 0 Å². The minimum atomic E-state index is -4.75. The largest absolute Gasteiger partial charge is 0.469 e. The van der Waals surface area contributed by atoms with E-state index in [1.54, 1.807) is 0 Å². The topological polar surface area (TPSA) is 119 Å². The first-order chi connectivity index (χ1) is 23.3. The summed E-state index contributed by atoms with van der Waals surface area (Å²) in [5, 5.41) is 0. The number of carbonyl (C=O) groups is 2. The Kier molecular flexibility index (Phi) is 34.3. The highest BCUT2D eigenvalue weighted by atomic mass is 31.2. The van der Waals surface area contributed by atoms with E-state index < -0.39 is 32.5 Å². The Hall–Kier alpha value is -1.47. The van der Waals surface area contributed by atoms with Gasteiger partial charge in [0, 0.05) is 12.8 Å². The Morgan fingerprint density at radius 1 is 0.583 bits per heavy atom. The number of hydrogen-bond acceptors (Lipinski definition) is 6. The van der Waals surface area contributed by atoms with E-state index in [1.807, 2.05) is 6.08 Å². The van der Waals surface area contributed by atoms with Crippen molar-refractivity contribution in [1.29, 1.82) is 0 Å². The van der Waals surface area contributed by atoms with Gasteiger partial charge in [-0.15, -0.1) is 6.58 Å². The van der Waals surface area contributed by atoms with E-state index in [4.69, 9.17) is 19.3 Å². The van der Waals surface area contributed by atoms with Crippen LogP contribution >= 0.6 is 7.82 Å². The van der Waals surface area contributed by atoms with Crippen LogP contribution in [0.3, 0.4) is 0 Å². The maximum Gasteiger partial charge on any atom is 0.469 e. The number of allylic oxidation sites excluding steroid dienone is 3. The van der Waals surface area contributed by atoms with Crippen molar-refractivity contribution in [1.82, 2.24) is 0 Å². The van der Waals surface area contributed by atoms with E-state index in [0.29, 0.717) is 12.8 Å². The standard InChI is InChI=1S/C39H73O8P/c1-3-5-7-9-11-13-15-17-19-21-23-25-27-29-31-33-38(40)45-35-37(36-46-48(42,43)44)47-39(41)34-32-30-28-26-24-22-20-18-16-14-12-10-8-6-4-2/h4,21,23,37H,2-3,5-20,22,24-36H2,1H3,(H2,42,43,44)/b23-21+/t37-/m1/s1. The SMILES string of the molecule is C=CCCCCCCCCCCCCCCCC(=O)O[C@H](COC(=O)CCCCC/C=C/CCCCCCCCCC)COP(=O)(O)O. The number of hydrogen-bond donors (Lipinski definition) is 2. The molecule has 0 aromatic heterocycles. The average Bonchev–Trinajstić information content (AvgIpc) is 3.05. The Morgan fingerprint density at radius 2 is 0.979 bits per heavy atom. The molecule has 0 aromatic rings. The Labute approximate surface area is 294 Å². The van der Waals surface area contributed by atoms with E-state index in [1.165, 1.54) is 109 Å². The van der Waals surface area contributed by atoms with Gasteiger partial charge in [-0.1, -0.05) is 147 Å². The van der Waals surface area contributed by atoms with Crippen molar-refractivity contribution >= 4 is 19.8 Å². The fraction of sp³-hybridized carbons (Fsp3) is 0.846. The zero-order valence-corrected chi connectivity index (χ0v) is 31.6. The van der Waals surface area contributed by atoms with Crippen LogP contribution in [-0.2, 0) is 28.2 Å². The summed E-state index contributed by atoms with van der Waals surface area (Å²) in [6.45, 7) is 5.18. The molecule has 0 fully saturated rings. The molecule has 8 nitrogen and oxygen atoms in total. The molecule has 0 radical (unpaired) electrons. The fourth-order valence-corrected chi connectivity index (χ4v) is 6.00. The monoisotopic (exact) mass is 701 g/mol. The lowest BCUT2D eigenvalue weighted by molar-refractivity contribution is -0.161. The molecule has 0 saturated carbocycles. The van der Waals surface area contributed by atoms with Crippen LogP contribution in [0.1, 0.15) is 193 Å². The number of esters is 2. The highest BCUT2D eigenvalue weighted by Crippen LogP contribution is 2.36. The highest BCUT2D eigenvalue weighted by molar-refractivity contribution is 7.46. The second kappa shape index (κ2) is 35.4. The third-order valence-corrected chi connectivity index (χ3v) is 9.07. The molecule has 2 N–H and O–H groups in total. The van der Waals surface area contributed by atoms with E-state index in [0.717, 1.165) is 51.4 Å². The van der Waals surface area contributed by atoms with Crippen LogP contribution in [-0.4, -0.2) is 41.0 Å². The predicted octanol–water partition coefficient (Wildman–Crippen LogP) is 11.6. The summed E-state index contributed by atoms with van der Waals surface area (Å²) in [5.41, 5.74) is 0. The number of unbranched alkanes of at least 4 members (excludes halogenated alkanes) is 24. The van der Waals surface area contributed by atoms with Crippen LogP contribution in [0, 0.1) is 0 Å². The Balaban J connectivity index is 3.94. The Bertz CT molecular complexity index is 825. The molecular formula is C39H73O8P. The minimum Gasteiger partial charge on any atom is -0.462 e. The maximum atomic E-state index is 12.4. The molecule has 9 heteroatoms. The third kappa shape index (κ3) is 37.4. The molecule has 0 aliphatic heterocycles. The molecule has 48 heavy (non-hydrogen) atoms. The summed E-state index contributed by atoms with van der Waals surface area (Å²) < 4.78 is 26.3. The molecule has 282 valence electrons. The van der Waals surface area contributed by atoms with Gasteiger partial charge in [0.2, 0.25) is 0 Å². The van der Waals surface area contributed by atoms with Gasteiger partial charge in [-0.25, -0.2) is 4.57 Å². The van der Waals surface area contributed by atoms with E-state index in [-0.39, 0.29) is 19.4 Å². The number of phosphoric acid groups is 1. The molecule has 0 aromatic carbocycles. The van der Waals surface area contributed by atoms with Crippen LogP contribution in [0.15, 0.2) is 24.8 Å². The quantitative estimate of drug-likeness (QED) is 0.0284. The van der Waals surface area contributed by atoms with Crippen LogP contribution in [0.2, 0.25) is 0 Å². The van der Waals surface area contributed by atoms with Gasteiger partial charge < -0.3 is 19.3 Å². The molecule has 0 unspecified atom stereocenters. The molecule has 0 aliphatic rings. The summed E-state index contributed by atoms with van der Waals surface area (Å²) in [7, 11) is -4.75. The zero-order valence-electron chi connectivity index (χ0n) is 30.7. The first kappa shape index (κ1) is 46.5. The zero-order chi connectivity index (χ0) is 35.4. The summed E-state index contributed by atoms with van der Waals surface area (Å²) in [4.78, 5) is 42.7. The molecular weight excluding hydrogens is 627 g/mol. The summed E-state index contributed by atoms with van der Waals surface area (Å²) >= 11 is 0. The Morgan fingerprint density at radius 3 is 1.44 bits per heavy atom. The number of phosphoric ester groups is 1. The van der Waals surface area contributed by atoms with Gasteiger partial charge in [-0.2, -0.15) is 0 Å². The number of ether oxygens (including phenoxy) is 2. The molecule has 0 heterocycles. The summed E-state index contributed by atoms with van der Waals surface area (Å²) in [6, 6.07) is 0. The molecule has 0 saturated heterocycles. The van der Waals surface area contributed by atoms with Gasteiger partial charge in [-0.3, -0.25) is 14.1 Å². The molecule has 0 rings (SSSR count). The van der Waals surface area contributed by atoms with E-state index in [2.05, 4.69) is 30.2 Å². The minimum absolute atomic E-state index is 0.209. The maximum absolute atomic E-state index is 12.4. The van der Waals surface area contributed by atoms with Gasteiger partial charge >= 0.3 is 19.8 Å². The van der Waals surface area contributed by atoms with Crippen molar-refractivity contribution < 1.29 is 37.9 Å². The number of carbonyl (C=O) groups excluding carboxylic acids is 2. The van der Waals surface area contributed by atoms with Gasteiger partial charge in [0.05, 0.1) is 6.61 Å². The average molecular weight is 701 g/mol. The second-order valence-corrected chi connectivity index (χ2v) is 14.6. The lowest BCUT2D eigenvalue weighted by Crippen LogP contribution is -2.29. The van der Waals surface area contributed by atoms with Crippen molar-refractivity contribution in [3.63, 3.8) is 0 Å². The fourth-order valence-electron chi connectivity index (χ4n) is 5.64. The summed E-state index contributed by atoms with van der Waals surface area (Å²) in [6.07, 6.45) is 37.9. The first-order valence-corrected chi connectivity index (χ1v) is 21.1. The highest BCUT2D eigenvalue weighted by Gasteiger charge is 2.22.